The molecule has 0 aliphatic heterocycles. The van der Waals surface area contributed by atoms with E-state index >= 15 is 0 Å². The van der Waals surface area contributed by atoms with Crippen LogP contribution in [0.25, 0.3) is 22.2 Å². The molecule has 0 saturated heterocycles. The Bertz CT molecular complexity index is 924. The van der Waals surface area contributed by atoms with E-state index < -0.39 is 5.24 Å². The number of aromatic nitrogens is 1. The van der Waals surface area contributed by atoms with Gasteiger partial charge in [-0.3, -0.25) is 4.79 Å². The van der Waals surface area contributed by atoms with Crippen molar-refractivity contribution in [2.24, 2.45) is 0 Å². The van der Waals surface area contributed by atoms with Gasteiger partial charge < -0.3 is 4.74 Å². The van der Waals surface area contributed by atoms with Crippen LogP contribution in [0.3, 0.4) is 0 Å². The van der Waals surface area contributed by atoms with Gasteiger partial charge in [0, 0.05) is 21.0 Å². The maximum absolute atomic E-state index is 11.9. The van der Waals surface area contributed by atoms with Crippen molar-refractivity contribution in [3.63, 3.8) is 0 Å². The van der Waals surface area contributed by atoms with E-state index in [0.29, 0.717) is 11.3 Å². The molecular weight excluding hydrogens is 390 g/mol. The van der Waals surface area contributed by atoms with E-state index in [4.69, 9.17) is 16.3 Å². The van der Waals surface area contributed by atoms with Gasteiger partial charge in [-0.15, -0.1) is 0 Å². The van der Waals surface area contributed by atoms with Crippen LogP contribution < -0.4 is 4.74 Å². The Morgan fingerprint density at radius 2 is 1.96 bits per heavy atom. The summed E-state index contributed by atoms with van der Waals surface area (Å²) in [6.07, 6.45) is 0.0853. The number of rotatable bonds is 4. The highest BCUT2D eigenvalue weighted by molar-refractivity contribution is 9.10. The molecule has 24 heavy (non-hydrogen) atoms. The zero-order valence-electron chi connectivity index (χ0n) is 13.2. The quantitative estimate of drug-likeness (QED) is 0.513. The van der Waals surface area contributed by atoms with Gasteiger partial charge >= 0.3 is 0 Å². The molecule has 0 fully saturated rings. The lowest BCUT2D eigenvalue weighted by Gasteiger charge is -2.12. The lowest BCUT2D eigenvalue weighted by molar-refractivity contribution is 0.108. The van der Waals surface area contributed by atoms with Crippen molar-refractivity contribution in [2.45, 2.75) is 20.0 Å². The number of carbonyl (C=O) groups is 1. The number of hydrogen-bond donors (Lipinski definition) is 0. The van der Waals surface area contributed by atoms with Gasteiger partial charge in [-0.2, -0.15) is 0 Å². The SMILES string of the molecule is CC(C)Oc1cccc(-c2cc(C(=O)Cl)c3cc(Br)ccc3n2)c1. The van der Waals surface area contributed by atoms with Crippen molar-refractivity contribution >= 4 is 43.7 Å². The van der Waals surface area contributed by atoms with E-state index in [2.05, 4.69) is 20.9 Å². The number of carbonyl (C=O) groups excluding carboxylic acids is 1. The van der Waals surface area contributed by atoms with Gasteiger partial charge in [-0.05, 0) is 61.8 Å². The van der Waals surface area contributed by atoms with E-state index in [1.54, 1.807) is 6.07 Å². The molecule has 0 atom stereocenters. The molecule has 0 spiro atoms. The van der Waals surface area contributed by atoms with Gasteiger partial charge in [0.2, 0.25) is 0 Å². The number of benzene rings is 2. The Morgan fingerprint density at radius 1 is 1.17 bits per heavy atom. The first-order valence-corrected chi connectivity index (χ1v) is 8.68. The Labute approximate surface area is 153 Å². The van der Waals surface area contributed by atoms with Crippen molar-refractivity contribution in [3.8, 4) is 17.0 Å². The van der Waals surface area contributed by atoms with Crippen LogP contribution in [0.1, 0.15) is 24.2 Å². The van der Waals surface area contributed by atoms with Crippen LogP contribution >= 0.6 is 27.5 Å². The molecule has 122 valence electrons. The molecule has 3 nitrogen and oxygen atoms in total. The normalized spacial score (nSPS) is 11.0. The minimum Gasteiger partial charge on any atom is -0.491 e. The molecule has 5 heteroatoms. The highest BCUT2D eigenvalue weighted by Crippen LogP contribution is 2.29. The summed E-state index contributed by atoms with van der Waals surface area (Å²) in [4.78, 5) is 16.5. The Kier molecular flexibility index (Phi) is 4.88. The Balaban J connectivity index is 2.17. The third-order valence-electron chi connectivity index (χ3n) is 3.48. The van der Waals surface area contributed by atoms with E-state index in [9.17, 15) is 4.79 Å². The molecule has 0 amide bonds. The van der Waals surface area contributed by atoms with Gasteiger partial charge in [0.05, 0.1) is 17.3 Å². The minimum atomic E-state index is -0.503. The second kappa shape index (κ2) is 6.91. The topological polar surface area (TPSA) is 39.2 Å². The molecule has 2 aromatic carbocycles. The molecule has 1 heterocycles. The fourth-order valence-electron chi connectivity index (χ4n) is 2.51. The minimum absolute atomic E-state index is 0.0853. The van der Waals surface area contributed by atoms with Gasteiger partial charge in [-0.1, -0.05) is 28.1 Å². The van der Waals surface area contributed by atoms with Crippen molar-refractivity contribution in [1.82, 2.24) is 4.98 Å². The van der Waals surface area contributed by atoms with Crippen LogP contribution in [0.15, 0.2) is 53.0 Å². The largest absolute Gasteiger partial charge is 0.491 e. The standard InChI is InChI=1S/C19H15BrClNO2/c1-11(2)24-14-5-3-4-12(8-14)18-10-16(19(21)23)15-9-13(20)6-7-17(15)22-18/h3-11H,1-2H3. The summed E-state index contributed by atoms with van der Waals surface area (Å²) < 4.78 is 6.60. The fraction of sp³-hybridized carbons (Fsp3) is 0.158. The molecule has 1 aromatic heterocycles. The molecule has 0 saturated carbocycles. The first-order valence-electron chi connectivity index (χ1n) is 7.51. The van der Waals surface area contributed by atoms with Gasteiger partial charge in [0.15, 0.2) is 0 Å². The lowest BCUT2D eigenvalue weighted by Crippen LogP contribution is -2.05. The first kappa shape index (κ1) is 16.9. The number of fused-ring (bicyclic) bond motifs is 1. The van der Waals surface area contributed by atoms with Crippen molar-refractivity contribution in [1.29, 1.82) is 0 Å². The maximum Gasteiger partial charge on any atom is 0.253 e. The number of nitrogens with zero attached hydrogens (tertiary/aromatic N) is 1. The lowest BCUT2D eigenvalue weighted by atomic mass is 10.0. The van der Waals surface area contributed by atoms with Crippen molar-refractivity contribution in [3.05, 3.63) is 58.6 Å². The van der Waals surface area contributed by atoms with Crippen LogP contribution in [0.2, 0.25) is 0 Å². The zero-order chi connectivity index (χ0) is 17.3. The third kappa shape index (κ3) is 3.60. The summed E-state index contributed by atoms with van der Waals surface area (Å²) in [6.45, 7) is 3.95. The summed E-state index contributed by atoms with van der Waals surface area (Å²) in [5, 5.41) is 0.221. The fourth-order valence-corrected chi connectivity index (χ4v) is 3.03. The van der Waals surface area contributed by atoms with Crippen molar-refractivity contribution in [2.75, 3.05) is 0 Å². The molecule has 0 N–H and O–H groups in total. The van der Waals surface area contributed by atoms with Crippen LogP contribution in [0.4, 0.5) is 0 Å². The first-order chi connectivity index (χ1) is 11.4. The van der Waals surface area contributed by atoms with Crippen LogP contribution in [0.5, 0.6) is 5.75 Å². The number of halogens is 2. The highest BCUT2D eigenvalue weighted by Gasteiger charge is 2.13. The van der Waals surface area contributed by atoms with E-state index in [0.717, 1.165) is 26.7 Å². The molecule has 0 radical (unpaired) electrons. The van der Waals surface area contributed by atoms with E-state index in [1.807, 2.05) is 56.3 Å². The van der Waals surface area contributed by atoms with Crippen molar-refractivity contribution < 1.29 is 9.53 Å². The molecule has 0 aliphatic carbocycles. The van der Waals surface area contributed by atoms with Gasteiger partial charge in [-0.25, -0.2) is 4.98 Å². The molecule has 3 aromatic rings. The predicted molar refractivity (Wildman–Crippen MR) is 101 cm³/mol. The summed E-state index contributed by atoms with van der Waals surface area (Å²) in [6, 6.07) is 15.0. The maximum atomic E-state index is 11.9. The number of ether oxygens (including phenoxy) is 1. The molecule has 3 rings (SSSR count). The smallest absolute Gasteiger partial charge is 0.253 e. The van der Waals surface area contributed by atoms with Crippen LogP contribution in [0, 0.1) is 0 Å². The van der Waals surface area contributed by atoms with E-state index in [1.165, 1.54) is 0 Å². The molecular formula is C19H15BrClNO2. The monoisotopic (exact) mass is 403 g/mol. The molecule has 0 unspecified atom stereocenters. The average Bonchev–Trinajstić information content (AvgIpc) is 2.53. The Morgan fingerprint density at radius 3 is 2.67 bits per heavy atom. The van der Waals surface area contributed by atoms with Crippen LogP contribution in [-0.4, -0.2) is 16.3 Å². The predicted octanol–water partition coefficient (Wildman–Crippen LogP) is 5.83. The third-order valence-corrected chi connectivity index (χ3v) is 4.18. The molecule has 0 aliphatic rings. The molecule has 0 bridgehead atoms. The summed E-state index contributed by atoms with van der Waals surface area (Å²) >= 11 is 9.20. The summed E-state index contributed by atoms with van der Waals surface area (Å²) in [5.74, 6) is 0.763. The summed E-state index contributed by atoms with van der Waals surface area (Å²) in [5.41, 5.74) is 2.71. The Hall–Kier alpha value is -1.91. The number of hydrogen-bond acceptors (Lipinski definition) is 3. The zero-order valence-corrected chi connectivity index (χ0v) is 15.6. The second-order valence-electron chi connectivity index (χ2n) is 5.68. The highest BCUT2D eigenvalue weighted by atomic mass is 79.9. The number of pyridine rings is 1. The summed E-state index contributed by atoms with van der Waals surface area (Å²) in [7, 11) is 0. The van der Waals surface area contributed by atoms with Gasteiger partial charge in [0.25, 0.3) is 5.24 Å². The van der Waals surface area contributed by atoms with Crippen LogP contribution in [-0.2, 0) is 0 Å². The van der Waals surface area contributed by atoms with Gasteiger partial charge in [0.1, 0.15) is 5.75 Å². The average molecular weight is 405 g/mol. The van der Waals surface area contributed by atoms with E-state index in [-0.39, 0.29) is 6.10 Å². The second-order valence-corrected chi connectivity index (χ2v) is 6.94.